The van der Waals surface area contributed by atoms with Crippen LogP contribution >= 0.6 is 27.3 Å². The number of amides is 2. The lowest BCUT2D eigenvalue weighted by molar-refractivity contribution is 0.0680. The molecular weight excluding hydrogens is 404 g/mol. The van der Waals surface area contributed by atoms with E-state index >= 15 is 0 Å². The van der Waals surface area contributed by atoms with Crippen molar-refractivity contribution >= 4 is 39.0 Å². The predicted octanol–water partition coefficient (Wildman–Crippen LogP) is 4.73. The number of thiophene rings is 1. The van der Waals surface area contributed by atoms with Crippen molar-refractivity contribution in [3.8, 4) is 5.75 Å². The number of carbonyl (C=O) groups is 1. The first-order valence-corrected chi connectivity index (χ1v) is 9.82. The number of hydrogen-bond acceptors (Lipinski definition) is 4. The molecule has 1 saturated heterocycles. The second-order valence-corrected chi connectivity index (χ2v) is 8.51. The summed E-state index contributed by atoms with van der Waals surface area (Å²) >= 11 is 5.06. The van der Waals surface area contributed by atoms with Gasteiger partial charge in [-0.05, 0) is 53.0 Å². The molecule has 1 fully saturated rings. The molecule has 0 aliphatic carbocycles. The Morgan fingerprint density at radius 1 is 1.44 bits per heavy atom. The first kappa shape index (κ1) is 18.2. The van der Waals surface area contributed by atoms with Gasteiger partial charge in [-0.15, -0.1) is 11.3 Å². The molecule has 1 N–H and O–H groups in total. The number of anilines is 1. The number of nitrogens with zero attached hydrogens (tertiary/aromatic N) is 1. The van der Waals surface area contributed by atoms with Crippen LogP contribution in [0.5, 0.6) is 5.75 Å². The minimum absolute atomic E-state index is 0.152. The average molecular weight is 425 g/mol. The number of rotatable bonds is 6. The minimum atomic E-state index is -0.152. The second kappa shape index (κ2) is 8.69. The summed E-state index contributed by atoms with van der Waals surface area (Å²) in [5.74, 6) is 0.734. The fraction of sp³-hybridized carbons (Fsp3) is 0.389. The van der Waals surface area contributed by atoms with E-state index in [2.05, 4.69) is 21.2 Å². The zero-order valence-corrected chi connectivity index (χ0v) is 16.4. The molecule has 1 atom stereocenters. The van der Waals surface area contributed by atoms with Crippen LogP contribution in [0.4, 0.5) is 10.5 Å². The van der Waals surface area contributed by atoms with Gasteiger partial charge in [0.25, 0.3) is 0 Å². The van der Waals surface area contributed by atoms with E-state index in [4.69, 9.17) is 9.47 Å². The van der Waals surface area contributed by atoms with Crippen LogP contribution in [-0.2, 0) is 11.3 Å². The fourth-order valence-corrected chi connectivity index (χ4v) is 4.13. The summed E-state index contributed by atoms with van der Waals surface area (Å²) in [6, 6.07) is 11.3. The Morgan fingerprint density at radius 2 is 2.32 bits per heavy atom. The molecule has 1 unspecified atom stereocenters. The van der Waals surface area contributed by atoms with Crippen LogP contribution in [0.3, 0.4) is 0 Å². The molecule has 7 heteroatoms. The average Bonchev–Trinajstić information content (AvgIpc) is 3.25. The third-order valence-electron chi connectivity index (χ3n) is 3.91. The van der Waals surface area contributed by atoms with E-state index in [9.17, 15) is 4.79 Å². The van der Waals surface area contributed by atoms with Crippen LogP contribution in [0, 0.1) is 0 Å². The maximum atomic E-state index is 12.3. The molecule has 1 aromatic carbocycles. The quantitative estimate of drug-likeness (QED) is 0.728. The number of halogens is 1. The van der Waals surface area contributed by atoms with Crippen LogP contribution in [0.25, 0.3) is 0 Å². The number of hydrogen-bond donors (Lipinski definition) is 1. The molecule has 134 valence electrons. The van der Waals surface area contributed by atoms with Gasteiger partial charge < -0.3 is 19.7 Å². The van der Waals surface area contributed by atoms with E-state index in [1.165, 1.54) is 0 Å². The Kier molecular flexibility index (Phi) is 6.34. The van der Waals surface area contributed by atoms with Crippen molar-refractivity contribution in [2.24, 2.45) is 0 Å². The molecule has 0 bridgehead atoms. The van der Waals surface area contributed by atoms with Gasteiger partial charge in [-0.3, -0.25) is 0 Å². The summed E-state index contributed by atoms with van der Waals surface area (Å²) in [5.41, 5.74) is 0.717. The van der Waals surface area contributed by atoms with Crippen molar-refractivity contribution in [2.75, 3.05) is 25.6 Å². The Balaban J connectivity index is 1.52. The second-order valence-electron chi connectivity index (χ2n) is 5.97. The van der Waals surface area contributed by atoms with Gasteiger partial charge in [0.05, 0.1) is 16.4 Å². The maximum Gasteiger partial charge on any atom is 0.321 e. The highest BCUT2D eigenvalue weighted by Gasteiger charge is 2.16. The first-order valence-electron chi connectivity index (χ1n) is 8.21. The van der Waals surface area contributed by atoms with E-state index in [-0.39, 0.29) is 12.1 Å². The van der Waals surface area contributed by atoms with Crippen molar-refractivity contribution in [3.05, 3.63) is 45.1 Å². The van der Waals surface area contributed by atoms with Crippen LogP contribution in [0.1, 0.15) is 17.7 Å². The smallest absolute Gasteiger partial charge is 0.321 e. The largest absolute Gasteiger partial charge is 0.491 e. The summed E-state index contributed by atoms with van der Waals surface area (Å²) in [6.45, 7) is 1.93. The predicted molar refractivity (Wildman–Crippen MR) is 103 cm³/mol. The molecule has 1 aromatic heterocycles. The molecule has 25 heavy (non-hydrogen) atoms. The van der Waals surface area contributed by atoms with Gasteiger partial charge in [0.1, 0.15) is 12.4 Å². The SMILES string of the molecule is CN(Cc1ccc(Br)s1)C(=O)Nc1cccc(OCC2CCCO2)c1. The maximum absolute atomic E-state index is 12.3. The number of nitrogens with one attached hydrogen (secondary N) is 1. The minimum Gasteiger partial charge on any atom is -0.491 e. The summed E-state index contributed by atoms with van der Waals surface area (Å²) < 4.78 is 12.4. The normalized spacial score (nSPS) is 16.6. The highest BCUT2D eigenvalue weighted by molar-refractivity contribution is 9.11. The van der Waals surface area contributed by atoms with Gasteiger partial charge in [0.15, 0.2) is 0 Å². The van der Waals surface area contributed by atoms with Crippen molar-refractivity contribution in [2.45, 2.75) is 25.5 Å². The van der Waals surface area contributed by atoms with Gasteiger partial charge in [-0.25, -0.2) is 4.79 Å². The van der Waals surface area contributed by atoms with E-state index in [1.807, 2.05) is 36.4 Å². The van der Waals surface area contributed by atoms with Gasteiger partial charge in [0.2, 0.25) is 0 Å². The van der Waals surface area contributed by atoms with Crippen LogP contribution in [0.2, 0.25) is 0 Å². The van der Waals surface area contributed by atoms with Crippen LogP contribution in [0.15, 0.2) is 40.2 Å². The van der Waals surface area contributed by atoms with Crippen LogP contribution in [-0.4, -0.2) is 37.3 Å². The number of benzene rings is 1. The van der Waals surface area contributed by atoms with E-state index in [0.717, 1.165) is 33.9 Å². The summed E-state index contributed by atoms with van der Waals surface area (Å²) in [7, 11) is 1.78. The number of urea groups is 1. The molecular formula is C18H21BrN2O3S. The van der Waals surface area contributed by atoms with E-state index in [0.29, 0.717) is 18.8 Å². The third kappa shape index (κ3) is 5.45. The molecule has 1 aliphatic heterocycles. The molecule has 3 rings (SSSR count). The zero-order valence-electron chi connectivity index (χ0n) is 14.0. The highest BCUT2D eigenvalue weighted by Crippen LogP contribution is 2.24. The highest BCUT2D eigenvalue weighted by atomic mass is 79.9. The lowest BCUT2D eigenvalue weighted by Gasteiger charge is -2.18. The zero-order chi connectivity index (χ0) is 17.6. The Bertz CT molecular complexity index is 716. The first-order chi connectivity index (χ1) is 12.1. The standard InChI is InChI=1S/C18H21BrN2O3S/c1-21(11-16-7-8-17(19)25-16)18(22)20-13-4-2-5-14(10-13)24-12-15-6-3-9-23-15/h2,4-5,7-8,10,15H,3,6,9,11-12H2,1H3,(H,20,22). The van der Waals surface area contributed by atoms with Gasteiger partial charge >= 0.3 is 6.03 Å². The Morgan fingerprint density at radius 3 is 3.04 bits per heavy atom. The van der Waals surface area contributed by atoms with Gasteiger partial charge in [0, 0.05) is 30.3 Å². The van der Waals surface area contributed by atoms with Crippen molar-refractivity contribution in [1.29, 1.82) is 0 Å². The molecule has 2 aromatic rings. The lowest BCUT2D eigenvalue weighted by atomic mass is 10.2. The van der Waals surface area contributed by atoms with Crippen molar-refractivity contribution in [3.63, 3.8) is 0 Å². The van der Waals surface area contributed by atoms with Crippen molar-refractivity contribution in [1.82, 2.24) is 4.90 Å². The van der Waals surface area contributed by atoms with Gasteiger partial charge in [-0.1, -0.05) is 6.07 Å². The van der Waals surface area contributed by atoms with Gasteiger partial charge in [-0.2, -0.15) is 0 Å². The molecule has 0 saturated carbocycles. The Labute approximate surface area is 160 Å². The molecule has 2 heterocycles. The monoisotopic (exact) mass is 424 g/mol. The van der Waals surface area contributed by atoms with E-state index < -0.39 is 0 Å². The number of ether oxygens (including phenoxy) is 2. The third-order valence-corrected chi connectivity index (χ3v) is 5.52. The summed E-state index contributed by atoms with van der Waals surface area (Å²) in [6.07, 6.45) is 2.31. The summed E-state index contributed by atoms with van der Waals surface area (Å²) in [5, 5.41) is 2.91. The molecule has 0 radical (unpaired) electrons. The van der Waals surface area contributed by atoms with Crippen LogP contribution < -0.4 is 10.1 Å². The lowest BCUT2D eigenvalue weighted by Crippen LogP contribution is -2.30. The molecule has 5 nitrogen and oxygen atoms in total. The summed E-state index contributed by atoms with van der Waals surface area (Å²) in [4.78, 5) is 15.1. The molecule has 0 spiro atoms. The molecule has 1 aliphatic rings. The Hall–Kier alpha value is -1.57. The topological polar surface area (TPSA) is 50.8 Å². The fourth-order valence-electron chi connectivity index (χ4n) is 2.59. The number of carbonyl (C=O) groups excluding carboxylic acids is 1. The molecule has 2 amide bonds. The van der Waals surface area contributed by atoms with E-state index in [1.54, 1.807) is 23.3 Å². The van der Waals surface area contributed by atoms with Crippen molar-refractivity contribution < 1.29 is 14.3 Å².